The minimum atomic E-state index is -3.87. The van der Waals surface area contributed by atoms with E-state index in [9.17, 15) is 4.57 Å². The second-order valence-corrected chi connectivity index (χ2v) is 14.9. The van der Waals surface area contributed by atoms with Crippen molar-refractivity contribution < 1.29 is 37.3 Å². The van der Waals surface area contributed by atoms with Crippen LogP contribution in [0.1, 0.15) is 72.4 Å². The van der Waals surface area contributed by atoms with Gasteiger partial charge in [-0.15, -0.1) is 10.2 Å². The summed E-state index contributed by atoms with van der Waals surface area (Å²) in [6, 6.07) is 0.313. The van der Waals surface area contributed by atoms with E-state index in [1.54, 1.807) is 31.6 Å². The number of hydrogen-bond acceptors (Lipinski definition) is 15. The standard InChI is InChI=1S/C27H41ClN9O8P/c1-6-41-46(38,42-7-2)27(5,15-39-14-19-33-35-36-34-19)40-13-18-20-21(45-26(3,4)44-20)24(43-18)37-23-17(12-29-37)22(31-25(28)32-23)30-16-10-8-9-11-16/h12,16,18,20-21,24H,6-11,13-15H2,1-5H3,(H,30,31,32)(H,33,34,35,36)/t18-,20-,21-,24-,27?/m1/s1. The van der Waals surface area contributed by atoms with Crippen molar-refractivity contribution in [3.8, 4) is 0 Å². The van der Waals surface area contributed by atoms with Crippen LogP contribution in [0.3, 0.4) is 0 Å². The SMILES string of the molecule is CCOP(=O)(OCC)C(C)(COCc1nn[nH]n1)OC[C@H]1O[C@@H](n2ncc3c(NC4CCCC4)nc(Cl)nc32)[C@@H]2OC(C)(C)O[C@@H]21. The molecule has 3 aromatic heterocycles. The first-order chi connectivity index (χ1) is 22.0. The van der Waals surface area contributed by atoms with Crippen molar-refractivity contribution in [1.29, 1.82) is 0 Å². The molecule has 0 spiro atoms. The van der Waals surface area contributed by atoms with E-state index in [1.807, 2.05) is 13.8 Å². The molecule has 0 radical (unpaired) electrons. The molecule has 5 atom stereocenters. The monoisotopic (exact) mass is 685 g/mol. The number of hydrogen-bond donors (Lipinski definition) is 2. The fraction of sp³-hybridized carbons (Fsp3) is 0.778. The second kappa shape index (κ2) is 13.6. The van der Waals surface area contributed by atoms with Crippen LogP contribution in [0.4, 0.5) is 5.82 Å². The number of rotatable bonds is 15. The molecule has 254 valence electrons. The average molecular weight is 686 g/mol. The third kappa shape index (κ3) is 6.80. The lowest BCUT2D eigenvalue weighted by molar-refractivity contribution is -0.207. The van der Waals surface area contributed by atoms with Gasteiger partial charge in [-0.3, -0.25) is 4.57 Å². The normalized spacial score (nSPS) is 26.1. The summed E-state index contributed by atoms with van der Waals surface area (Å²) in [5.74, 6) is 0.0415. The molecule has 17 nitrogen and oxygen atoms in total. The Labute approximate surface area is 271 Å². The lowest BCUT2D eigenvalue weighted by Gasteiger charge is -2.36. The van der Waals surface area contributed by atoms with Crippen molar-refractivity contribution in [2.75, 3.05) is 31.7 Å². The zero-order chi connectivity index (χ0) is 32.5. The quantitative estimate of drug-likeness (QED) is 0.172. The molecule has 5 heterocycles. The predicted octanol–water partition coefficient (Wildman–Crippen LogP) is 3.98. The highest BCUT2D eigenvalue weighted by molar-refractivity contribution is 7.55. The smallest absolute Gasteiger partial charge is 0.364 e. The summed E-state index contributed by atoms with van der Waals surface area (Å²) < 4.78 is 58.5. The zero-order valence-electron chi connectivity index (χ0n) is 26.5. The van der Waals surface area contributed by atoms with Crippen molar-refractivity contribution in [2.24, 2.45) is 0 Å². The van der Waals surface area contributed by atoms with E-state index in [2.05, 4.69) is 41.0 Å². The molecule has 3 aromatic rings. The molecule has 3 aliphatic rings. The lowest BCUT2D eigenvalue weighted by atomic mass is 10.1. The van der Waals surface area contributed by atoms with Gasteiger partial charge in [0.1, 0.15) is 30.7 Å². The Morgan fingerprint density at radius 2 is 1.91 bits per heavy atom. The van der Waals surface area contributed by atoms with Gasteiger partial charge in [0.15, 0.2) is 28.8 Å². The van der Waals surface area contributed by atoms with E-state index >= 15 is 0 Å². The molecule has 0 bridgehead atoms. The number of tetrazole rings is 1. The maximum atomic E-state index is 14.1. The summed E-state index contributed by atoms with van der Waals surface area (Å²) in [4.78, 5) is 8.97. The van der Waals surface area contributed by atoms with Gasteiger partial charge in [-0.2, -0.15) is 20.3 Å². The van der Waals surface area contributed by atoms with Crippen LogP contribution in [0.5, 0.6) is 0 Å². The Morgan fingerprint density at radius 3 is 2.61 bits per heavy atom. The number of nitrogens with zero attached hydrogens (tertiary/aromatic N) is 7. The number of ether oxygens (including phenoxy) is 5. The van der Waals surface area contributed by atoms with Gasteiger partial charge in [-0.1, -0.05) is 18.1 Å². The van der Waals surface area contributed by atoms with Crippen molar-refractivity contribution >= 4 is 36.0 Å². The Hall–Kier alpha value is -2.34. The van der Waals surface area contributed by atoms with E-state index in [0.29, 0.717) is 23.3 Å². The topological polar surface area (TPSA) is 192 Å². The van der Waals surface area contributed by atoms with Gasteiger partial charge in [0.05, 0.1) is 38.0 Å². The van der Waals surface area contributed by atoms with Crippen LogP contribution in [-0.4, -0.2) is 102 Å². The molecule has 2 aliphatic heterocycles. The van der Waals surface area contributed by atoms with Crippen LogP contribution in [0, 0.1) is 0 Å². The Morgan fingerprint density at radius 1 is 1.17 bits per heavy atom. The molecule has 1 aliphatic carbocycles. The maximum Gasteiger partial charge on any atom is 0.364 e. The molecule has 3 fully saturated rings. The van der Waals surface area contributed by atoms with Gasteiger partial charge in [-0.25, -0.2) is 4.68 Å². The molecule has 19 heteroatoms. The maximum absolute atomic E-state index is 14.1. The summed E-state index contributed by atoms with van der Waals surface area (Å²) >= 11 is 6.40. The molecule has 2 saturated heterocycles. The predicted molar refractivity (Wildman–Crippen MR) is 163 cm³/mol. The fourth-order valence-corrected chi connectivity index (χ4v) is 8.08. The molecular weight excluding hydrogens is 645 g/mol. The summed E-state index contributed by atoms with van der Waals surface area (Å²) in [6.07, 6.45) is 3.63. The third-order valence-electron chi connectivity index (χ3n) is 8.22. The molecule has 0 aromatic carbocycles. The summed E-state index contributed by atoms with van der Waals surface area (Å²) in [5.41, 5.74) is 0.496. The number of anilines is 1. The Kier molecular flexibility index (Phi) is 9.95. The number of H-pyrrole nitrogens is 1. The molecule has 0 amide bonds. The van der Waals surface area contributed by atoms with Crippen molar-refractivity contribution in [1.82, 2.24) is 40.4 Å². The minimum absolute atomic E-state index is 0.0000753. The third-order valence-corrected chi connectivity index (χ3v) is 11.0. The van der Waals surface area contributed by atoms with Crippen molar-refractivity contribution in [2.45, 2.75) is 109 Å². The van der Waals surface area contributed by atoms with Crippen LogP contribution in [0.15, 0.2) is 6.20 Å². The van der Waals surface area contributed by atoms with Crippen LogP contribution >= 0.6 is 19.2 Å². The average Bonchev–Trinajstić information content (AvgIpc) is 3.83. The van der Waals surface area contributed by atoms with Gasteiger partial charge in [0, 0.05) is 6.04 Å². The number of aromatic nitrogens is 8. The molecule has 2 N–H and O–H groups in total. The van der Waals surface area contributed by atoms with Gasteiger partial charge in [0.2, 0.25) is 5.28 Å². The van der Waals surface area contributed by atoms with Crippen LogP contribution < -0.4 is 5.32 Å². The summed E-state index contributed by atoms with van der Waals surface area (Å²) in [7, 11) is -3.87. The highest BCUT2D eigenvalue weighted by atomic mass is 35.5. The number of nitrogens with one attached hydrogen (secondary N) is 2. The first-order valence-electron chi connectivity index (χ1n) is 15.6. The highest BCUT2D eigenvalue weighted by Crippen LogP contribution is 2.61. The number of fused-ring (bicyclic) bond motifs is 2. The van der Waals surface area contributed by atoms with E-state index in [1.165, 1.54) is 12.8 Å². The Balaban J connectivity index is 1.25. The van der Waals surface area contributed by atoms with E-state index in [4.69, 9.17) is 44.3 Å². The van der Waals surface area contributed by atoms with Gasteiger partial charge >= 0.3 is 7.60 Å². The molecule has 46 heavy (non-hydrogen) atoms. The molecule has 6 rings (SSSR count). The van der Waals surface area contributed by atoms with E-state index < -0.39 is 43.3 Å². The number of halogens is 1. The molecular formula is C27H41ClN9O8P. The second-order valence-electron chi connectivity index (χ2n) is 12.1. The van der Waals surface area contributed by atoms with E-state index in [0.717, 1.165) is 18.2 Å². The zero-order valence-corrected chi connectivity index (χ0v) is 28.2. The van der Waals surface area contributed by atoms with Gasteiger partial charge in [0.25, 0.3) is 0 Å². The number of aromatic amines is 1. The first kappa shape index (κ1) is 33.6. The summed E-state index contributed by atoms with van der Waals surface area (Å²) in [6.45, 7) is 8.78. The van der Waals surface area contributed by atoms with Gasteiger partial charge < -0.3 is 38.0 Å². The molecule has 1 unspecified atom stereocenters. The van der Waals surface area contributed by atoms with E-state index in [-0.39, 0.29) is 38.3 Å². The van der Waals surface area contributed by atoms with Crippen LogP contribution in [0.25, 0.3) is 11.0 Å². The van der Waals surface area contributed by atoms with Crippen LogP contribution in [-0.2, 0) is 43.9 Å². The van der Waals surface area contributed by atoms with Gasteiger partial charge in [-0.05, 0) is 59.1 Å². The fourth-order valence-electron chi connectivity index (χ4n) is 6.14. The summed E-state index contributed by atoms with van der Waals surface area (Å²) in [5, 5.41) is 21.1. The van der Waals surface area contributed by atoms with Crippen molar-refractivity contribution in [3.05, 3.63) is 17.3 Å². The minimum Gasteiger partial charge on any atom is -0.370 e. The largest absolute Gasteiger partial charge is 0.370 e. The van der Waals surface area contributed by atoms with Crippen molar-refractivity contribution in [3.63, 3.8) is 0 Å². The Bertz CT molecular complexity index is 1510. The molecule has 1 saturated carbocycles. The van der Waals surface area contributed by atoms with Crippen LogP contribution in [0.2, 0.25) is 5.28 Å². The highest BCUT2D eigenvalue weighted by Gasteiger charge is 2.58. The lowest BCUT2D eigenvalue weighted by Crippen LogP contribution is -2.41. The first-order valence-corrected chi connectivity index (χ1v) is 17.5.